The Kier molecular flexibility index (Phi) is 5.66. The molecule has 0 saturated carbocycles. The van der Waals surface area contributed by atoms with Gasteiger partial charge in [-0.25, -0.2) is 9.78 Å². The van der Waals surface area contributed by atoms with Crippen molar-refractivity contribution >= 4 is 17.5 Å². The quantitative estimate of drug-likeness (QED) is 0.795. The van der Waals surface area contributed by atoms with Crippen LogP contribution in [0.15, 0.2) is 30.7 Å². The molecule has 2 aliphatic heterocycles. The van der Waals surface area contributed by atoms with Crippen molar-refractivity contribution in [3.05, 3.63) is 36.4 Å². The van der Waals surface area contributed by atoms with Gasteiger partial charge in [0.05, 0.1) is 30.8 Å². The second-order valence-electron chi connectivity index (χ2n) is 7.11. The third kappa shape index (κ3) is 4.06. The minimum Gasteiger partial charge on any atom is -0.490 e. The lowest BCUT2D eigenvalue weighted by atomic mass is 10.2. The van der Waals surface area contributed by atoms with Crippen LogP contribution in [-0.4, -0.2) is 55.0 Å². The van der Waals surface area contributed by atoms with Crippen LogP contribution in [0, 0.1) is 0 Å². The Bertz CT molecular complexity index is 789. The molecule has 0 bridgehead atoms. The van der Waals surface area contributed by atoms with Crippen molar-refractivity contribution in [3.8, 4) is 5.75 Å². The Morgan fingerprint density at radius 1 is 1.46 bits per heavy atom. The van der Waals surface area contributed by atoms with Crippen LogP contribution in [0.5, 0.6) is 5.75 Å². The van der Waals surface area contributed by atoms with Gasteiger partial charge < -0.3 is 24.7 Å². The molecule has 3 heterocycles. The van der Waals surface area contributed by atoms with Gasteiger partial charge in [-0.3, -0.25) is 4.90 Å². The highest BCUT2D eigenvalue weighted by Gasteiger charge is 2.24. The number of carbonyl (C=O) groups is 1. The SMILES string of the molecule is CCN(C(=O)OC[C@H]1CCCN1)c1ccc2c(c1)N(Cc1cnc[nH]1)CCO2. The second kappa shape index (κ2) is 8.52. The summed E-state index contributed by atoms with van der Waals surface area (Å²) in [5.41, 5.74) is 2.82. The lowest BCUT2D eigenvalue weighted by molar-refractivity contribution is 0.144. The van der Waals surface area contributed by atoms with Gasteiger partial charge in [-0.15, -0.1) is 0 Å². The molecule has 2 aromatic rings. The number of benzene rings is 1. The maximum absolute atomic E-state index is 12.7. The van der Waals surface area contributed by atoms with E-state index in [0.29, 0.717) is 26.3 Å². The number of hydrogen-bond donors (Lipinski definition) is 2. The van der Waals surface area contributed by atoms with Crippen molar-refractivity contribution in [2.75, 3.05) is 42.6 Å². The smallest absolute Gasteiger partial charge is 0.414 e. The number of rotatable bonds is 6. The number of imidazole rings is 1. The fraction of sp³-hybridized carbons (Fsp3) is 0.500. The summed E-state index contributed by atoms with van der Waals surface area (Å²) in [6.45, 7) is 6.02. The Balaban J connectivity index is 1.49. The molecule has 1 amide bonds. The molecular weight excluding hydrogens is 358 g/mol. The third-order valence-corrected chi connectivity index (χ3v) is 5.24. The molecular formula is C20H27N5O3. The number of aromatic nitrogens is 2. The number of aromatic amines is 1. The van der Waals surface area contributed by atoms with E-state index in [9.17, 15) is 4.79 Å². The minimum absolute atomic E-state index is 0.268. The molecule has 2 aliphatic rings. The van der Waals surface area contributed by atoms with Crippen LogP contribution in [0.1, 0.15) is 25.5 Å². The van der Waals surface area contributed by atoms with Gasteiger partial charge in [0.15, 0.2) is 0 Å². The zero-order chi connectivity index (χ0) is 19.3. The highest BCUT2D eigenvalue weighted by molar-refractivity contribution is 5.89. The van der Waals surface area contributed by atoms with E-state index >= 15 is 0 Å². The van der Waals surface area contributed by atoms with E-state index in [2.05, 4.69) is 20.2 Å². The lowest BCUT2D eigenvalue weighted by Crippen LogP contribution is -2.36. The van der Waals surface area contributed by atoms with Crippen molar-refractivity contribution in [1.82, 2.24) is 15.3 Å². The van der Waals surface area contributed by atoms with Gasteiger partial charge in [0, 0.05) is 24.5 Å². The summed E-state index contributed by atoms with van der Waals surface area (Å²) in [5, 5.41) is 3.35. The molecule has 4 rings (SSSR count). The van der Waals surface area contributed by atoms with Gasteiger partial charge in [0.2, 0.25) is 0 Å². The first-order valence-electron chi connectivity index (χ1n) is 9.91. The average Bonchev–Trinajstić information content (AvgIpc) is 3.41. The highest BCUT2D eigenvalue weighted by Crippen LogP contribution is 2.36. The number of fused-ring (bicyclic) bond motifs is 1. The van der Waals surface area contributed by atoms with Gasteiger partial charge in [0.25, 0.3) is 0 Å². The molecule has 1 fully saturated rings. The maximum Gasteiger partial charge on any atom is 0.414 e. The summed E-state index contributed by atoms with van der Waals surface area (Å²) in [6, 6.07) is 6.11. The fourth-order valence-electron chi connectivity index (χ4n) is 3.74. The predicted molar refractivity (Wildman–Crippen MR) is 107 cm³/mol. The Labute approximate surface area is 164 Å². The molecule has 1 aromatic carbocycles. The number of carbonyl (C=O) groups excluding carboxylic acids is 1. The van der Waals surface area contributed by atoms with Gasteiger partial charge in [-0.1, -0.05) is 0 Å². The first-order chi connectivity index (χ1) is 13.7. The number of anilines is 2. The first-order valence-corrected chi connectivity index (χ1v) is 9.91. The molecule has 8 heteroatoms. The summed E-state index contributed by atoms with van der Waals surface area (Å²) in [5.74, 6) is 0.828. The van der Waals surface area contributed by atoms with Gasteiger partial charge in [-0.05, 0) is 44.5 Å². The number of hydrogen-bond acceptors (Lipinski definition) is 6. The van der Waals surface area contributed by atoms with Gasteiger partial charge in [-0.2, -0.15) is 0 Å². The van der Waals surface area contributed by atoms with Crippen LogP contribution >= 0.6 is 0 Å². The third-order valence-electron chi connectivity index (χ3n) is 5.24. The summed E-state index contributed by atoms with van der Waals surface area (Å²) >= 11 is 0. The van der Waals surface area contributed by atoms with E-state index in [-0.39, 0.29) is 12.1 Å². The Morgan fingerprint density at radius 2 is 2.39 bits per heavy atom. The summed E-state index contributed by atoms with van der Waals surface area (Å²) in [4.78, 5) is 23.8. The Hall–Kier alpha value is -2.74. The number of ether oxygens (including phenoxy) is 2. The van der Waals surface area contributed by atoms with Crippen LogP contribution in [0.25, 0.3) is 0 Å². The van der Waals surface area contributed by atoms with Crippen LogP contribution in [0.2, 0.25) is 0 Å². The molecule has 2 N–H and O–H groups in total. The number of nitrogens with zero attached hydrogens (tertiary/aromatic N) is 3. The van der Waals surface area contributed by atoms with E-state index in [4.69, 9.17) is 9.47 Å². The lowest BCUT2D eigenvalue weighted by Gasteiger charge is -2.32. The van der Waals surface area contributed by atoms with Crippen molar-refractivity contribution < 1.29 is 14.3 Å². The largest absolute Gasteiger partial charge is 0.490 e. The second-order valence-corrected chi connectivity index (χ2v) is 7.11. The zero-order valence-electron chi connectivity index (χ0n) is 16.2. The van der Waals surface area contributed by atoms with E-state index in [1.165, 1.54) is 0 Å². The standard InChI is InChI=1S/C20H27N5O3/c1-2-25(20(26)28-13-15-4-3-7-22-15)17-5-6-19-18(10-17)24(8-9-27-19)12-16-11-21-14-23-16/h5-6,10-11,14-15,22H,2-4,7-9,12-13H2,1H3,(H,21,23)/t15-/m1/s1. The normalized spacial score (nSPS) is 18.5. The number of amides is 1. The predicted octanol–water partition coefficient (Wildman–Crippen LogP) is 2.52. The average molecular weight is 385 g/mol. The van der Waals surface area contributed by atoms with Crippen LogP contribution in [0.4, 0.5) is 16.2 Å². The minimum atomic E-state index is -0.312. The fourth-order valence-corrected chi connectivity index (χ4v) is 3.74. The van der Waals surface area contributed by atoms with Crippen LogP contribution in [-0.2, 0) is 11.3 Å². The molecule has 0 aliphatic carbocycles. The molecule has 8 nitrogen and oxygen atoms in total. The summed E-state index contributed by atoms with van der Waals surface area (Å²) in [7, 11) is 0. The first kappa shape index (κ1) is 18.6. The molecule has 0 unspecified atom stereocenters. The zero-order valence-corrected chi connectivity index (χ0v) is 16.2. The van der Waals surface area contributed by atoms with E-state index < -0.39 is 0 Å². The van der Waals surface area contributed by atoms with Crippen LogP contribution in [0.3, 0.4) is 0 Å². The number of nitrogens with one attached hydrogen (secondary N) is 2. The van der Waals surface area contributed by atoms with Crippen molar-refractivity contribution in [3.63, 3.8) is 0 Å². The van der Waals surface area contributed by atoms with E-state index in [0.717, 1.165) is 48.7 Å². The monoisotopic (exact) mass is 385 g/mol. The molecule has 1 aromatic heterocycles. The number of H-pyrrole nitrogens is 1. The highest BCUT2D eigenvalue weighted by atomic mass is 16.6. The molecule has 0 spiro atoms. The molecule has 150 valence electrons. The van der Waals surface area contributed by atoms with Gasteiger partial charge in [0.1, 0.15) is 19.0 Å². The molecule has 1 saturated heterocycles. The summed E-state index contributed by atoms with van der Waals surface area (Å²) in [6.07, 6.45) is 5.38. The maximum atomic E-state index is 12.7. The topological polar surface area (TPSA) is 82.7 Å². The molecule has 28 heavy (non-hydrogen) atoms. The van der Waals surface area contributed by atoms with E-state index in [1.807, 2.05) is 31.3 Å². The molecule has 1 atom stereocenters. The van der Waals surface area contributed by atoms with Crippen LogP contribution < -0.4 is 19.9 Å². The van der Waals surface area contributed by atoms with Crippen molar-refractivity contribution in [2.24, 2.45) is 0 Å². The van der Waals surface area contributed by atoms with Crippen molar-refractivity contribution in [1.29, 1.82) is 0 Å². The molecule has 0 radical (unpaired) electrons. The van der Waals surface area contributed by atoms with Gasteiger partial charge >= 0.3 is 6.09 Å². The Morgan fingerprint density at radius 3 is 3.14 bits per heavy atom. The van der Waals surface area contributed by atoms with E-state index in [1.54, 1.807) is 11.2 Å². The summed E-state index contributed by atoms with van der Waals surface area (Å²) < 4.78 is 11.4. The van der Waals surface area contributed by atoms with Crippen molar-refractivity contribution in [2.45, 2.75) is 32.4 Å².